The van der Waals surface area contributed by atoms with E-state index < -0.39 is 20.2 Å². The molecule has 2 nitrogen and oxygen atoms in total. The molecule has 0 rings (SSSR count). The number of hydrogen-bond donors (Lipinski definition) is 0. The van der Waals surface area contributed by atoms with Gasteiger partial charge >= 0.3 is 172 Å². The fraction of sp³-hybridized carbons (Fsp3) is 0.958. The van der Waals surface area contributed by atoms with Crippen LogP contribution < -0.4 is 0 Å². The summed E-state index contributed by atoms with van der Waals surface area (Å²) in [5, 5.41) is 0. The molecule has 0 aromatic heterocycles. The van der Waals surface area contributed by atoms with Gasteiger partial charge in [-0.05, 0) is 0 Å². The van der Waals surface area contributed by atoms with Crippen molar-refractivity contribution in [1.82, 2.24) is 0 Å². The Bertz CT molecular complexity index is 295. The molecular formula is C24H50O2Sn. The Balaban J connectivity index is 3.80. The Labute approximate surface area is 178 Å². The zero-order valence-electron chi connectivity index (χ0n) is 19.0. The summed E-state index contributed by atoms with van der Waals surface area (Å²) in [4.78, 5) is 12.3. The second kappa shape index (κ2) is 22.6. The van der Waals surface area contributed by atoms with Crippen LogP contribution >= 0.6 is 0 Å². The molecule has 0 atom stereocenters. The molecule has 0 aliphatic rings. The van der Waals surface area contributed by atoms with Gasteiger partial charge < -0.3 is 0 Å². The summed E-state index contributed by atoms with van der Waals surface area (Å²) in [6, 6.07) is 0. The van der Waals surface area contributed by atoms with E-state index in [9.17, 15) is 4.79 Å². The van der Waals surface area contributed by atoms with Crippen molar-refractivity contribution in [1.29, 1.82) is 0 Å². The molecule has 0 heterocycles. The normalized spacial score (nSPS) is 11.3. The third-order valence-corrected chi connectivity index (χ3v) is 13.2. The maximum absolute atomic E-state index is 12.3. The van der Waals surface area contributed by atoms with Gasteiger partial charge in [-0.3, -0.25) is 0 Å². The van der Waals surface area contributed by atoms with E-state index in [2.05, 4.69) is 20.8 Å². The fourth-order valence-corrected chi connectivity index (χ4v) is 10.8. The van der Waals surface area contributed by atoms with Crippen LogP contribution in [0.4, 0.5) is 0 Å². The van der Waals surface area contributed by atoms with Crippen LogP contribution in [0.5, 0.6) is 0 Å². The van der Waals surface area contributed by atoms with E-state index in [4.69, 9.17) is 3.07 Å². The fourth-order valence-electron chi connectivity index (χ4n) is 3.68. The summed E-state index contributed by atoms with van der Waals surface area (Å²) < 4.78 is 8.60. The Kier molecular flexibility index (Phi) is 22.8. The molecule has 0 saturated carbocycles. The zero-order valence-corrected chi connectivity index (χ0v) is 22.3. The van der Waals surface area contributed by atoms with E-state index in [1.54, 1.807) is 0 Å². The Hall–Kier alpha value is 0.269. The first-order valence-electron chi connectivity index (χ1n) is 12.4. The molecule has 0 aliphatic carbocycles. The third-order valence-electron chi connectivity index (χ3n) is 5.54. The Morgan fingerprint density at radius 2 is 0.926 bits per heavy atom. The molecule has 0 bridgehead atoms. The number of carbonyl (C=O) groups is 1. The van der Waals surface area contributed by atoms with Crippen molar-refractivity contribution >= 4 is 26.1 Å². The van der Waals surface area contributed by atoms with Gasteiger partial charge in [0.1, 0.15) is 0 Å². The third kappa shape index (κ3) is 20.8. The molecule has 0 aliphatic heterocycles. The molecule has 0 spiro atoms. The molecule has 0 fully saturated rings. The summed E-state index contributed by atoms with van der Waals surface area (Å²) in [6.07, 6.45) is 22.9. The monoisotopic (exact) mass is 490 g/mol. The minimum absolute atomic E-state index is 0.143. The van der Waals surface area contributed by atoms with Crippen LogP contribution in [0, 0.1) is 0 Å². The van der Waals surface area contributed by atoms with Crippen LogP contribution in [-0.4, -0.2) is 26.1 Å². The van der Waals surface area contributed by atoms with Gasteiger partial charge in [0.2, 0.25) is 0 Å². The van der Waals surface area contributed by atoms with Crippen LogP contribution in [-0.2, 0) is 7.87 Å². The summed E-state index contributed by atoms with van der Waals surface area (Å²) in [7, 11) is 0. The van der Waals surface area contributed by atoms with E-state index >= 15 is 0 Å². The molecule has 0 saturated heterocycles. The molecule has 0 N–H and O–H groups in total. The second-order valence-electron chi connectivity index (χ2n) is 8.39. The van der Waals surface area contributed by atoms with E-state index in [0.29, 0.717) is 6.42 Å². The molecule has 0 amide bonds. The van der Waals surface area contributed by atoms with Crippen molar-refractivity contribution in [3.05, 3.63) is 0 Å². The van der Waals surface area contributed by atoms with Gasteiger partial charge in [-0.1, -0.05) is 6.92 Å². The van der Waals surface area contributed by atoms with E-state index in [1.165, 1.54) is 112 Å². The van der Waals surface area contributed by atoms with E-state index in [0.717, 1.165) is 6.42 Å². The Morgan fingerprint density at radius 3 is 1.37 bits per heavy atom. The molecule has 0 aromatic carbocycles. The predicted octanol–water partition coefficient (Wildman–Crippen LogP) is 8.33. The summed E-state index contributed by atoms with van der Waals surface area (Å²) in [5.74, 6) is 0.143. The van der Waals surface area contributed by atoms with Gasteiger partial charge in [-0.25, -0.2) is 0 Å². The molecular weight excluding hydrogens is 439 g/mol. The second-order valence-corrected chi connectivity index (χ2v) is 15.9. The van der Waals surface area contributed by atoms with Crippen LogP contribution in [0.15, 0.2) is 0 Å². The standard InChI is InChI=1S/C12H24O2.2C6H13.Sn.H/c1-2-3-4-5-6-7-8-9-10-11-12(13)14;2*1-3-5-6-4-2;;/h2-11H2,1H3,(H,13,14);2*1,3-6H2,2H3;;/q;;;+1;/p-1. The van der Waals surface area contributed by atoms with Gasteiger partial charge in [0.05, 0.1) is 0 Å². The number of rotatable bonds is 21. The van der Waals surface area contributed by atoms with Crippen molar-refractivity contribution in [2.24, 2.45) is 0 Å². The average Bonchev–Trinajstić information content (AvgIpc) is 2.67. The van der Waals surface area contributed by atoms with E-state index in [1.807, 2.05) is 0 Å². The summed E-state index contributed by atoms with van der Waals surface area (Å²) >= 11 is -2.07. The topological polar surface area (TPSA) is 26.3 Å². The predicted molar refractivity (Wildman–Crippen MR) is 123 cm³/mol. The zero-order chi connectivity index (χ0) is 20.0. The van der Waals surface area contributed by atoms with Crippen LogP contribution in [0.1, 0.15) is 136 Å². The first-order valence-corrected chi connectivity index (χ1v) is 18.4. The van der Waals surface area contributed by atoms with Crippen molar-refractivity contribution in [3.8, 4) is 0 Å². The molecule has 162 valence electrons. The van der Waals surface area contributed by atoms with Crippen molar-refractivity contribution < 1.29 is 7.87 Å². The SMILES string of the molecule is CCCCCCCCCCCC(=O)[O][SnH]([CH2]CCCCC)[CH2]CCCCC. The molecule has 0 radical (unpaired) electrons. The van der Waals surface area contributed by atoms with Crippen LogP contribution in [0.3, 0.4) is 0 Å². The quantitative estimate of drug-likeness (QED) is 0.120. The Morgan fingerprint density at radius 1 is 0.556 bits per heavy atom. The van der Waals surface area contributed by atoms with Crippen LogP contribution in [0.2, 0.25) is 8.87 Å². The summed E-state index contributed by atoms with van der Waals surface area (Å²) in [5.41, 5.74) is 0. The number of unbranched alkanes of at least 4 members (excludes halogenated alkanes) is 14. The molecule has 27 heavy (non-hydrogen) atoms. The first kappa shape index (κ1) is 27.3. The average molecular weight is 489 g/mol. The van der Waals surface area contributed by atoms with Gasteiger partial charge in [0, 0.05) is 0 Å². The van der Waals surface area contributed by atoms with Crippen molar-refractivity contribution in [2.45, 2.75) is 145 Å². The van der Waals surface area contributed by atoms with E-state index in [-0.39, 0.29) is 5.97 Å². The van der Waals surface area contributed by atoms with Gasteiger partial charge in [-0.2, -0.15) is 0 Å². The minimum atomic E-state index is -2.07. The van der Waals surface area contributed by atoms with Gasteiger partial charge in [0.15, 0.2) is 0 Å². The maximum atomic E-state index is 12.3. The molecule has 0 aromatic rings. The summed E-state index contributed by atoms with van der Waals surface area (Å²) in [6.45, 7) is 6.79. The molecule has 3 heteroatoms. The van der Waals surface area contributed by atoms with Gasteiger partial charge in [-0.15, -0.1) is 0 Å². The van der Waals surface area contributed by atoms with Crippen LogP contribution in [0.25, 0.3) is 0 Å². The molecule has 0 unspecified atom stereocenters. The first-order chi connectivity index (χ1) is 13.2. The van der Waals surface area contributed by atoms with Gasteiger partial charge in [0.25, 0.3) is 0 Å². The number of carbonyl (C=O) groups excluding carboxylic acids is 1. The van der Waals surface area contributed by atoms with Crippen molar-refractivity contribution in [3.63, 3.8) is 0 Å². The number of hydrogen-bond acceptors (Lipinski definition) is 2. The van der Waals surface area contributed by atoms with Crippen molar-refractivity contribution in [2.75, 3.05) is 0 Å².